The van der Waals surface area contributed by atoms with E-state index in [1.165, 1.54) is 11.1 Å². The first-order chi connectivity index (χ1) is 5.83. The van der Waals surface area contributed by atoms with Crippen molar-refractivity contribution in [2.45, 2.75) is 19.8 Å². The van der Waals surface area contributed by atoms with Gasteiger partial charge in [0.1, 0.15) is 5.75 Å². The van der Waals surface area contributed by atoms with Gasteiger partial charge in [0.05, 0.1) is 11.6 Å². The molecule has 1 aromatic carbocycles. The molecule has 0 saturated carbocycles. The SMILES string of the molecule is CCc1ccc2c(c1Cl)CCO2. The highest BCUT2D eigenvalue weighted by atomic mass is 35.5. The van der Waals surface area contributed by atoms with Crippen molar-refractivity contribution in [1.29, 1.82) is 0 Å². The Labute approximate surface area is 77.3 Å². The van der Waals surface area contributed by atoms with E-state index >= 15 is 0 Å². The second-order valence-electron chi connectivity index (χ2n) is 2.97. The summed E-state index contributed by atoms with van der Waals surface area (Å²) in [6.45, 7) is 2.89. The summed E-state index contributed by atoms with van der Waals surface area (Å²) >= 11 is 6.17. The van der Waals surface area contributed by atoms with Crippen LogP contribution in [0.5, 0.6) is 5.75 Å². The van der Waals surface area contributed by atoms with E-state index in [0.717, 1.165) is 30.2 Å². The zero-order chi connectivity index (χ0) is 8.55. The maximum Gasteiger partial charge on any atom is 0.124 e. The molecule has 1 heterocycles. The van der Waals surface area contributed by atoms with Gasteiger partial charge in [-0.15, -0.1) is 0 Å². The zero-order valence-electron chi connectivity index (χ0n) is 7.06. The largest absolute Gasteiger partial charge is 0.493 e. The molecule has 2 heteroatoms. The van der Waals surface area contributed by atoms with Crippen LogP contribution in [0.1, 0.15) is 18.1 Å². The van der Waals surface area contributed by atoms with Gasteiger partial charge in [-0.3, -0.25) is 0 Å². The summed E-state index contributed by atoms with van der Waals surface area (Å²) in [7, 11) is 0. The summed E-state index contributed by atoms with van der Waals surface area (Å²) in [5.41, 5.74) is 2.41. The quantitative estimate of drug-likeness (QED) is 0.649. The number of aryl methyl sites for hydroxylation is 1. The molecule has 0 aromatic heterocycles. The van der Waals surface area contributed by atoms with E-state index in [-0.39, 0.29) is 0 Å². The summed E-state index contributed by atoms with van der Waals surface area (Å²) in [5.74, 6) is 0.970. The van der Waals surface area contributed by atoms with Gasteiger partial charge in [0.2, 0.25) is 0 Å². The van der Waals surface area contributed by atoms with E-state index < -0.39 is 0 Å². The Morgan fingerprint density at radius 3 is 3.08 bits per heavy atom. The highest BCUT2D eigenvalue weighted by Crippen LogP contribution is 2.34. The standard InChI is InChI=1S/C10H11ClO/c1-2-7-3-4-9-8(10(7)11)5-6-12-9/h3-4H,2,5-6H2,1H3. The van der Waals surface area contributed by atoms with Crippen molar-refractivity contribution in [3.63, 3.8) is 0 Å². The van der Waals surface area contributed by atoms with Crippen LogP contribution >= 0.6 is 11.6 Å². The number of hydrogen-bond acceptors (Lipinski definition) is 1. The molecule has 2 rings (SSSR count). The summed E-state index contributed by atoms with van der Waals surface area (Å²) in [6.07, 6.45) is 1.95. The Morgan fingerprint density at radius 2 is 2.33 bits per heavy atom. The van der Waals surface area contributed by atoms with E-state index in [1.807, 2.05) is 12.1 Å². The normalized spacial score (nSPS) is 14.2. The molecule has 0 saturated heterocycles. The van der Waals surface area contributed by atoms with Gasteiger partial charge < -0.3 is 4.74 Å². The second kappa shape index (κ2) is 2.98. The lowest BCUT2D eigenvalue weighted by molar-refractivity contribution is 0.357. The number of hydrogen-bond donors (Lipinski definition) is 0. The van der Waals surface area contributed by atoms with E-state index in [4.69, 9.17) is 16.3 Å². The van der Waals surface area contributed by atoms with Crippen LogP contribution in [0, 0.1) is 0 Å². The maximum atomic E-state index is 6.17. The Hall–Kier alpha value is -0.690. The smallest absolute Gasteiger partial charge is 0.124 e. The molecule has 0 bridgehead atoms. The van der Waals surface area contributed by atoms with E-state index in [2.05, 4.69) is 6.92 Å². The molecule has 0 aliphatic carbocycles. The summed E-state index contributed by atoms with van der Waals surface area (Å²) < 4.78 is 5.39. The Balaban J connectivity index is 2.54. The van der Waals surface area contributed by atoms with Crippen molar-refractivity contribution < 1.29 is 4.74 Å². The molecular weight excluding hydrogens is 172 g/mol. The lowest BCUT2D eigenvalue weighted by Gasteiger charge is -2.05. The average Bonchev–Trinajstić information content (AvgIpc) is 2.53. The number of benzene rings is 1. The third-order valence-corrected chi connectivity index (χ3v) is 2.74. The zero-order valence-corrected chi connectivity index (χ0v) is 7.82. The molecule has 1 aliphatic heterocycles. The Morgan fingerprint density at radius 1 is 1.50 bits per heavy atom. The van der Waals surface area contributed by atoms with Gasteiger partial charge >= 0.3 is 0 Å². The third kappa shape index (κ3) is 1.09. The van der Waals surface area contributed by atoms with Crippen LogP contribution in [0.15, 0.2) is 12.1 Å². The topological polar surface area (TPSA) is 9.23 Å². The molecule has 12 heavy (non-hydrogen) atoms. The van der Waals surface area contributed by atoms with E-state index in [0.29, 0.717) is 0 Å². The lowest BCUT2D eigenvalue weighted by Crippen LogP contribution is -1.86. The van der Waals surface area contributed by atoms with Gasteiger partial charge in [0.15, 0.2) is 0 Å². The van der Waals surface area contributed by atoms with Crippen LogP contribution in [0.2, 0.25) is 5.02 Å². The van der Waals surface area contributed by atoms with Crippen molar-refractivity contribution in [3.8, 4) is 5.75 Å². The monoisotopic (exact) mass is 182 g/mol. The molecule has 0 unspecified atom stereocenters. The van der Waals surface area contributed by atoms with E-state index in [9.17, 15) is 0 Å². The van der Waals surface area contributed by atoms with Crippen molar-refractivity contribution in [2.75, 3.05) is 6.61 Å². The molecule has 0 N–H and O–H groups in total. The van der Waals surface area contributed by atoms with Crippen LogP contribution in [-0.2, 0) is 12.8 Å². The highest BCUT2D eigenvalue weighted by molar-refractivity contribution is 6.32. The van der Waals surface area contributed by atoms with Crippen LogP contribution < -0.4 is 4.74 Å². The number of rotatable bonds is 1. The van der Waals surface area contributed by atoms with Crippen molar-refractivity contribution in [2.24, 2.45) is 0 Å². The fourth-order valence-corrected chi connectivity index (χ4v) is 1.94. The van der Waals surface area contributed by atoms with E-state index in [1.54, 1.807) is 0 Å². The molecule has 0 fully saturated rings. The van der Waals surface area contributed by atoms with Gasteiger partial charge in [0, 0.05) is 12.0 Å². The third-order valence-electron chi connectivity index (χ3n) is 2.27. The minimum absolute atomic E-state index is 0.780. The average molecular weight is 183 g/mol. The second-order valence-corrected chi connectivity index (χ2v) is 3.35. The van der Waals surface area contributed by atoms with Crippen molar-refractivity contribution in [3.05, 3.63) is 28.3 Å². The van der Waals surface area contributed by atoms with Gasteiger partial charge in [-0.2, -0.15) is 0 Å². The van der Waals surface area contributed by atoms with Crippen LogP contribution in [0.3, 0.4) is 0 Å². The highest BCUT2D eigenvalue weighted by Gasteiger charge is 2.16. The van der Waals surface area contributed by atoms with Crippen LogP contribution in [0.4, 0.5) is 0 Å². The minimum atomic E-state index is 0.780. The first-order valence-electron chi connectivity index (χ1n) is 4.26. The maximum absolute atomic E-state index is 6.17. The minimum Gasteiger partial charge on any atom is -0.493 e. The van der Waals surface area contributed by atoms with Crippen LogP contribution in [-0.4, -0.2) is 6.61 Å². The molecule has 0 atom stereocenters. The molecular formula is C10H11ClO. The predicted octanol–water partition coefficient (Wildman–Crippen LogP) is 2.84. The molecule has 0 radical (unpaired) electrons. The fraction of sp³-hybridized carbons (Fsp3) is 0.400. The van der Waals surface area contributed by atoms with Gasteiger partial charge in [-0.25, -0.2) is 0 Å². The number of halogens is 1. The Kier molecular flexibility index (Phi) is 1.97. The molecule has 1 nitrogen and oxygen atoms in total. The fourth-order valence-electron chi connectivity index (χ4n) is 1.56. The predicted molar refractivity (Wildman–Crippen MR) is 50.0 cm³/mol. The molecule has 64 valence electrons. The first-order valence-corrected chi connectivity index (χ1v) is 4.63. The van der Waals surface area contributed by atoms with Gasteiger partial charge in [-0.05, 0) is 18.1 Å². The summed E-state index contributed by atoms with van der Waals surface area (Å²) in [4.78, 5) is 0. The first kappa shape index (κ1) is 7.93. The van der Waals surface area contributed by atoms with Gasteiger partial charge in [-0.1, -0.05) is 24.6 Å². The molecule has 1 aliphatic rings. The van der Waals surface area contributed by atoms with Crippen molar-refractivity contribution in [1.82, 2.24) is 0 Å². The van der Waals surface area contributed by atoms with Crippen LogP contribution in [0.25, 0.3) is 0 Å². The summed E-state index contributed by atoms with van der Waals surface area (Å²) in [6, 6.07) is 4.07. The Bertz CT molecular complexity index is 307. The number of fused-ring (bicyclic) bond motifs is 1. The summed E-state index contributed by atoms with van der Waals surface area (Å²) in [5, 5.41) is 0.910. The molecule has 0 amide bonds. The molecule has 0 spiro atoms. The van der Waals surface area contributed by atoms with Gasteiger partial charge in [0.25, 0.3) is 0 Å². The lowest BCUT2D eigenvalue weighted by atomic mass is 10.1. The molecule has 1 aromatic rings. The number of ether oxygens (including phenoxy) is 1. The van der Waals surface area contributed by atoms with Crippen molar-refractivity contribution >= 4 is 11.6 Å².